The van der Waals surface area contributed by atoms with E-state index in [1.165, 1.54) is 29.6 Å². The zero-order chi connectivity index (χ0) is 27.4. The van der Waals surface area contributed by atoms with Gasteiger partial charge in [0.25, 0.3) is 0 Å². The van der Waals surface area contributed by atoms with Crippen LogP contribution in [0.1, 0.15) is 63.0 Å². The van der Waals surface area contributed by atoms with Crippen LogP contribution in [-0.2, 0) is 20.1 Å². The standard InChI is InChI=1S/C14H10.C12H14O.C10H15.Ir/c1-3-7-13(8-4-1)11-12-14-9-5-2-6-10-14;1-9(2)10(3)12(13)11-7-5-4-6-8-11;1-6-7(2)9(4)10(5)8(6)3;/h1-10H;4-10H,1-2H2,3H3;1-5H3;/q;-2;;. The van der Waals surface area contributed by atoms with Crippen molar-refractivity contribution < 1.29 is 24.9 Å². The van der Waals surface area contributed by atoms with E-state index in [-0.39, 0.29) is 37.7 Å². The first-order valence-electron chi connectivity index (χ1n) is 12.7. The van der Waals surface area contributed by atoms with E-state index in [4.69, 9.17) is 0 Å². The molecule has 0 heterocycles. The van der Waals surface area contributed by atoms with Crippen molar-refractivity contribution in [2.45, 2.75) is 41.5 Å². The fourth-order valence-corrected chi connectivity index (χ4v) is 3.67. The van der Waals surface area contributed by atoms with Crippen LogP contribution in [0.25, 0.3) is 0 Å². The monoisotopic (exact) mass is 680 g/mol. The Morgan fingerprint density at radius 3 is 1.16 bits per heavy atom. The van der Waals surface area contributed by atoms with E-state index in [1.807, 2.05) is 97.9 Å². The quantitative estimate of drug-likeness (QED) is 0.154. The van der Waals surface area contributed by atoms with E-state index in [0.717, 1.165) is 16.7 Å². The van der Waals surface area contributed by atoms with Crippen molar-refractivity contribution in [2.75, 3.05) is 0 Å². The van der Waals surface area contributed by atoms with Gasteiger partial charge in [-0.1, -0.05) is 120 Å². The van der Waals surface area contributed by atoms with Crippen LogP contribution in [0.4, 0.5) is 0 Å². The van der Waals surface area contributed by atoms with E-state index in [0.29, 0.717) is 0 Å². The minimum absolute atomic E-state index is 0. The molecule has 6 radical (unpaired) electrons. The zero-order valence-corrected chi connectivity index (χ0v) is 25.9. The summed E-state index contributed by atoms with van der Waals surface area (Å²) in [7, 11) is 0. The van der Waals surface area contributed by atoms with Crippen molar-refractivity contribution in [3.05, 3.63) is 151 Å². The third-order valence-electron chi connectivity index (χ3n) is 6.89. The molecule has 3 aromatic rings. The zero-order valence-electron chi connectivity index (χ0n) is 23.5. The molecule has 0 saturated heterocycles. The van der Waals surface area contributed by atoms with Gasteiger partial charge in [0.05, 0.1) is 0 Å². The first-order chi connectivity index (χ1) is 17.6. The van der Waals surface area contributed by atoms with Gasteiger partial charge in [-0.15, -0.1) is 0 Å². The first-order valence-corrected chi connectivity index (χ1v) is 12.7. The Bertz CT molecular complexity index is 1020. The van der Waals surface area contributed by atoms with Crippen molar-refractivity contribution in [1.82, 2.24) is 0 Å². The van der Waals surface area contributed by atoms with Gasteiger partial charge in [0.15, 0.2) is 5.78 Å². The van der Waals surface area contributed by atoms with E-state index >= 15 is 0 Å². The molecular weight excluding hydrogens is 641 g/mol. The van der Waals surface area contributed by atoms with Crippen LogP contribution >= 0.6 is 0 Å². The second-order valence-electron chi connectivity index (χ2n) is 9.39. The number of Topliss-reactive ketones (excluding diaryl/α,β-unsaturated/α-hetero) is 1. The van der Waals surface area contributed by atoms with Crippen molar-refractivity contribution in [3.63, 3.8) is 0 Å². The van der Waals surface area contributed by atoms with Gasteiger partial charge in [-0.25, -0.2) is 0 Å². The molecule has 0 aromatic heterocycles. The van der Waals surface area contributed by atoms with Gasteiger partial charge in [0, 0.05) is 36.8 Å². The molecule has 0 spiro atoms. The Labute approximate surface area is 246 Å². The molecule has 1 aliphatic carbocycles. The van der Waals surface area contributed by atoms with Gasteiger partial charge in [0.2, 0.25) is 0 Å². The van der Waals surface area contributed by atoms with E-state index < -0.39 is 0 Å². The summed E-state index contributed by atoms with van der Waals surface area (Å²) >= 11 is 0. The summed E-state index contributed by atoms with van der Waals surface area (Å²) in [6, 6.07) is 29.3. The second kappa shape index (κ2) is 17.2. The molecule has 1 fully saturated rings. The summed E-state index contributed by atoms with van der Waals surface area (Å²) in [6.45, 7) is 20.4. The van der Waals surface area contributed by atoms with Gasteiger partial charge in [0.1, 0.15) is 0 Å². The molecule has 1 nitrogen and oxygen atoms in total. The molecular formula is C36H39IrO-2. The first kappa shape index (κ1) is 33.6. The molecule has 0 aliphatic heterocycles. The van der Waals surface area contributed by atoms with Crippen LogP contribution in [0, 0.1) is 67.1 Å². The normalized spacial score (nSPS) is 15.2. The number of ketones is 1. The van der Waals surface area contributed by atoms with E-state index in [9.17, 15) is 4.79 Å². The van der Waals surface area contributed by atoms with Crippen molar-refractivity contribution >= 4 is 5.78 Å². The molecule has 200 valence electrons. The summed E-state index contributed by atoms with van der Waals surface area (Å²) in [6.07, 6.45) is 0. The van der Waals surface area contributed by atoms with Crippen LogP contribution in [0.5, 0.6) is 0 Å². The van der Waals surface area contributed by atoms with Crippen LogP contribution in [0.15, 0.2) is 91.0 Å². The molecule has 1 unspecified atom stereocenters. The van der Waals surface area contributed by atoms with Gasteiger partial charge in [-0.05, 0) is 59.8 Å². The Morgan fingerprint density at radius 1 is 0.579 bits per heavy atom. The van der Waals surface area contributed by atoms with Gasteiger partial charge >= 0.3 is 0 Å². The SMILES string of the molecule is C(#Cc1ccccc1)c1ccccc1.C[C]1[C](C)[C](C)[C](C)[C]1C.[CH2-]C([CH2-])C(C)C(=O)c1ccccc1.[Ir]. The topological polar surface area (TPSA) is 17.1 Å². The van der Waals surface area contributed by atoms with Crippen LogP contribution in [-0.4, -0.2) is 5.78 Å². The number of carbonyl (C=O) groups is 1. The minimum atomic E-state index is -0.109. The van der Waals surface area contributed by atoms with Crippen LogP contribution in [0.3, 0.4) is 0 Å². The molecule has 0 bridgehead atoms. The smallest absolute Gasteiger partial charge is 0.160 e. The number of benzene rings is 3. The van der Waals surface area contributed by atoms with Gasteiger partial charge < -0.3 is 13.8 Å². The summed E-state index contributed by atoms with van der Waals surface area (Å²) in [5.74, 6) is 13.5. The van der Waals surface area contributed by atoms with Crippen molar-refractivity contribution in [1.29, 1.82) is 0 Å². The molecule has 1 aliphatic rings. The summed E-state index contributed by atoms with van der Waals surface area (Å²) in [5, 5.41) is 0. The maximum Gasteiger partial charge on any atom is 0.160 e. The molecule has 3 aromatic carbocycles. The number of carbonyl (C=O) groups excluding carboxylic acids is 1. The molecule has 2 heteroatoms. The average Bonchev–Trinajstić information content (AvgIpc) is 3.10. The fraction of sp³-hybridized carbons (Fsp3) is 0.222. The van der Waals surface area contributed by atoms with E-state index in [2.05, 4.69) is 60.3 Å². The van der Waals surface area contributed by atoms with Crippen LogP contribution in [0.2, 0.25) is 0 Å². The molecule has 1 atom stereocenters. The van der Waals surface area contributed by atoms with Gasteiger partial charge in [-0.3, -0.25) is 10.7 Å². The van der Waals surface area contributed by atoms with Crippen molar-refractivity contribution in [3.8, 4) is 11.8 Å². The number of rotatable bonds is 3. The minimum Gasteiger partial charge on any atom is -0.369 e. The molecule has 0 N–H and O–H groups in total. The predicted octanol–water partition coefficient (Wildman–Crippen LogP) is 8.85. The second-order valence-corrected chi connectivity index (χ2v) is 9.39. The molecule has 38 heavy (non-hydrogen) atoms. The number of hydrogen-bond acceptors (Lipinski definition) is 1. The third kappa shape index (κ3) is 10.4. The van der Waals surface area contributed by atoms with E-state index in [1.54, 1.807) is 0 Å². The molecule has 4 rings (SSSR count). The Hall–Kier alpha value is -2.46. The number of hydrogen-bond donors (Lipinski definition) is 0. The van der Waals surface area contributed by atoms with Crippen molar-refractivity contribution in [2.24, 2.45) is 11.8 Å². The fourth-order valence-electron chi connectivity index (χ4n) is 3.67. The molecule has 1 saturated carbocycles. The maximum atomic E-state index is 11.7. The largest absolute Gasteiger partial charge is 0.369 e. The Kier molecular flexibility index (Phi) is 15.2. The summed E-state index contributed by atoms with van der Waals surface area (Å²) in [4.78, 5) is 11.7. The predicted molar refractivity (Wildman–Crippen MR) is 158 cm³/mol. The Balaban J connectivity index is 0.000000285. The van der Waals surface area contributed by atoms with Crippen LogP contribution < -0.4 is 0 Å². The molecule has 0 amide bonds. The third-order valence-corrected chi connectivity index (χ3v) is 6.89. The summed E-state index contributed by atoms with van der Waals surface area (Å²) < 4.78 is 0. The average molecular weight is 680 g/mol. The Morgan fingerprint density at radius 2 is 0.868 bits per heavy atom. The summed E-state index contributed by atoms with van der Waals surface area (Å²) in [5.41, 5.74) is 2.85. The van der Waals surface area contributed by atoms with Gasteiger partial charge in [-0.2, -0.15) is 0 Å². The maximum absolute atomic E-state index is 11.7.